The van der Waals surface area contributed by atoms with Gasteiger partial charge in [0.2, 0.25) is 5.91 Å². The number of hydrogen-bond acceptors (Lipinski definition) is 5. The van der Waals surface area contributed by atoms with Gasteiger partial charge >= 0.3 is 5.97 Å². The molecular weight excluding hydrogens is 214 g/mol. The van der Waals surface area contributed by atoms with Crippen LogP contribution < -0.4 is 16.8 Å². The molecule has 0 fully saturated rings. The molecule has 2 atom stereocenters. The first-order valence-corrected chi connectivity index (χ1v) is 5.12. The Balaban J connectivity index is 3.98. The van der Waals surface area contributed by atoms with Crippen LogP contribution >= 0.6 is 0 Å². The summed E-state index contributed by atoms with van der Waals surface area (Å²) in [5.41, 5.74) is 10.8. The standard InChI is InChI=1S/C9H19N3O4/c10-4-2-1-3-6(11)8(14)12-7(5-13)9(15)16/h6-7,13H,1-5,10-11H2,(H,12,14)(H,15,16). The van der Waals surface area contributed by atoms with E-state index in [1.165, 1.54) is 0 Å². The highest BCUT2D eigenvalue weighted by molar-refractivity contribution is 5.86. The lowest BCUT2D eigenvalue weighted by molar-refractivity contribution is -0.143. The SMILES string of the molecule is NCCCCC(N)C(=O)NC(CO)C(=O)O. The van der Waals surface area contributed by atoms with Crippen molar-refractivity contribution in [3.8, 4) is 0 Å². The van der Waals surface area contributed by atoms with E-state index in [4.69, 9.17) is 21.7 Å². The number of aliphatic carboxylic acids is 1. The molecule has 1 amide bonds. The number of aliphatic hydroxyl groups is 1. The molecular formula is C9H19N3O4. The topological polar surface area (TPSA) is 139 Å². The first kappa shape index (κ1) is 14.8. The van der Waals surface area contributed by atoms with Crippen molar-refractivity contribution in [3.05, 3.63) is 0 Å². The number of aliphatic hydroxyl groups excluding tert-OH is 1. The molecule has 0 aromatic rings. The minimum atomic E-state index is -1.30. The van der Waals surface area contributed by atoms with E-state index >= 15 is 0 Å². The van der Waals surface area contributed by atoms with E-state index in [9.17, 15) is 9.59 Å². The van der Waals surface area contributed by atoms with Gasteiger partial charge in [-0.25, -0.2) is 4.79 Å². The lowest BCUT2D eigenvalue weighted by Gasteiger charge is -2.15. The molecule has 2 unspecified atom stereocenters. The number of carboxylic acids is 1. The molecule has 0 heterocycles. The number of carbonyl (C=O) groups is 2. The molecule has 0 radical (unpaired) electrons. The van der Waals surface area contributed by atoms with Crippen molar-refractivity contribution in [2.24, 2.45) is 11.5 Å². The number of carbonyl (C=O) groups excluding carboxylic acids is 1. The van der Waals surface area contributed by atoms with Gasteiger partial charge in [0.05, 0.1) is 12.6 Å². The third-order valence-corrected chi connectivity index (χ3v) is 2.10. The zero-order valence-corrected chi connectivity index (χ0v) is 9.06. The largest absolute Gasteiger partial charge is 0.480 e. The Kier molecular flexibility index (Phi) is 7.44. The highest BCUT2D eigenvalue weighted by atomic mass is 16.4. The van der Waals surface area contributed by atoms with Crippen LogP contribution in [0, 0.1) is 0 Å². The number of rotatable bonds is 8. The summed E-state index contributed by atoms with van der Waals surface area (Å²) in [6, 6.07) is -2.06. The van der Waals surface area contributed by atoms with Crippen LogP contribution in [0.2, 0.25) is 0 Å². The predicted molar refractivity (Wildman–Crippen MR) is 57.5 cm³/mol. The summed E-state index contributed by atoms with van der Waals surface area (Å²) < 4.78 is 0. The summed E-state index contributed by atoms with van der Waals surface area (Å²) in [4.78, 5) is 21.9. The van der Waals surface area contributed by atoms with Gasteiger partial charge in [0.15, 0.2) is 0 Å². The van der Waals surface area contributed by atoms with Gasteiger partial charge in [-0.3, -0.25) is 4.79 Å². The van der Waals surface area contributed by atoms with Crippen molar-refractivity contribution >= 4 is 11.9 Å². The molecule has 16 heavy (non-hydrogen) atoms. The maximum atomic E-state index is 11.4. The summed E-state index contributed by atoms with van der Waals surface area (Å²) in [6.45, 7) is -0.126. The van der Waals surface area contributed by atoms with Crippen molar-refractivity contribution in [2.45, 2.75) is 31.3 Å². The number of amides is 1. The van der Waals surface area contributed by atoms with Crippen LogP contribution in [0.1, 0.15) is 19.3 Å². The van der Waals surface area contributed by atoms with Crippen molar-refractivity contribution in [1.29, 1.82) is 0 Å². The molecule has 0 saturated carbocycles. The number of unbranched alkanes of at least 4 members (excludes halogenated alkanes) is 1. The molecule has 0 aliphatic heterocycles. The van der Waals surface area contributed by atoms with Crippen LogP contribution in [-0.4, -0.2) is 47.3 Å². The maximum absolute atomic E-state index is 11.4. The van der Waals surface area contributed by atoms with Gasteiger partial charge in [0.25, 0.3) is 0 Å². The Morgan fingerprint density at radius 1 is 1.31 bits per heavy atom. The summed E-state index contributed by atoms with van der Waals surface area (Å²) >= 11 is 0. The van der Waals surface area contributed by atoms with E-state index < -0.39 is 30.6 Å². The molecule has 0 aromatic carbocycles. The minimum Gasteiger partial charge on any atom is -0.480 e. The Bertz CT molecular complexity index is 235. The lowest BCUT2D eigenvalue weighted by Crippen LogP contribution is -2.49. The lowest BCUT2D eigenvalue weighted by atomic mass is 10.1. The number of nitrogens with one attached hydrogen (secondary N) is 1. The predicted octanol–water partition coefficient (Wildman–Crippen LogP) is -2.00. The Morgan fingerprint density at radius 3 is 2.38 bits per heavy atom. The molecule has 7 N–H and O–H groups in total. The van der Waals surface area contributed by atoms with E-state index in [1.54, 1.807) is 0 Å². The fourth-order valence-electron chi connectivity index (χ4n) is 1.10. The minimum absolute atomic E-state index is 0.445. The normalized spacial score (nSPS) is 14.2. The van der Waals surface area contributed by atoms with Gasteiger partial charge in [-0.05, 0) is 19.4 Å². The van der Waals surface area contributed by atoms with Gasteiger partial charge in [-0.15, -0.1) is 0 Å². The molecule has 0 spiro atoms. The third kappa shape index (κ3) is 5.64. The first-order valence-electron chi connectivity index (χ1n) is 5.12. The second-order valence-corrected chi connectivity index (χ2v) is 3.47. The molecule has 7 heteroatoms. The highest BCUT2D eigenvalue weighted by Crippen LogP contribution is 1.98. The Hall–Kier alpha value is -1.18. The van der Waals surface area contributed by atoms with Crippen molar-refractivity contribution in [1.82, 2.24) is 5.32 Å². The average molecular weight is 233 g/mol. The molecule has 0 bridgehead atoms. The number of nitrogens with two attached hydrogens (primary N) is 2. The molecule has 0 aromatic heterocycles. The molecule has 0 saturated heterocycles. The smallest absolute Gasteiger partial charge is 0.328 e. The van der Waals surface area contributed by atoms with E-state index in [-0.39, 0.29) is 0 Å². The average Bonchev–Trinajstić information content (AvgIpc) is 2.25. The van der Waals surface area contributed by atoms with Crippen molar-refractivity contribution in [3.63, 3.8) is 0 Å². The summed E-state index contributed by atoms with van der Waals surface area (Å²) in [7, 11) is 0. The highest BCUT2D eigenvalue weighted by Gasteiger charge is 2.21. The summed E-state index contributed by atoms with van der Waals surface area (Å²) in [6.07, 6.45) is 1.92. The van der Waals surface area contributed by atoms with Crippen LogP contribution in [0.4, 0.5) is 0 Å². The van der Waals surface area contributed by atoms with Crippen LogP contribution in [0.15, 0.2) is 0 Å². The summed E-state index contributed by atoms with van der Waals surface area (Å²) in [5.74, 6) is -1.86. The molecule has 0 rings (SSSR count). The van der Waals surface area contributed by atoms with Crippen LogP contribution in [0.3, 0.4) is 0 Å². The van der Waals surface area contributed by atoms with E-state index in [0.29, 0.717) is 19.4 Å². The molecule has 0 aliphatic carbocycles. The Labute approximate surface area is 93.8 Å². The quantitative estimate of drug-likeness (QED) is 0.307. The zero-order chi connectivity index (χ0) is 12.6. The van der Waals surface area contributed by atoms with Crippen molar-refractivity contribution in [2.75, 3.05) is 13.2 Å². The fourth-order valence-corrected chi connectivity index (χ4v) is 1.10. The van der Waals surface area contributed by atoms with E-state index in [1.807, 2.05) is 0 Å². The van der Waals surface area contributed by atoms with Crippen LogP contribution in [-0.2, 0) is 9.59 Å². The van der Waals surface area contributed by atoms with Gasteiger partial charge in [0, 0.05) is 0 Å². The number of hydrogen-bond donors (Lipinski definition) is 5. The van der Waals surface area contributed by atoms with E-state index in [0.717, 1.165) is 6.42 Å². The second-order valence-electron chi connectivity index (χ2n) is 3.47. The molecule has 7 nitrogen and oxygen atoms in total. The van der Waals surface area contributed by atoms with Gasteiger partial charge in [0.1, 0.15) is 6.04 Å². The van der Waals surface area contributed by atoms with Crippen molar-refractivity contribution < 1.29 is 19.8 Å². The van der Waals surface area contributed by atoms with Gasteiger partial charge in [-0.2, -0.15) is 0 Å². The Morgan fingerprint density at radius 2 is 1.94 bits per heavy atom. The maximum Gasteiger partial charge on any atom is 0.328 e. The zero-order valence-electron chi connectivity index (χ0n) is 9.06. The molecule has 94 valence electrons. The van der Waals surface area contributed by atoms with Gasteiger partial charge in [-0.1, -0.05) is 6.42 Å². The second kappa shape index (κ2) is 8.03. The monoisotopic (exact) mass is 233 g/mol. The fraction of sp³-hybridized carbons (Fsp3) is 0.778. The van der Waals surface area contributed by atoms with Gasteiger partial charge < -0.3 is 27.0 Å². The number of carboxylic acid groups (broad SMARTS) is 1. The third-order valence-electron chi connectivity index (χ3n) is 2.10. The van der Waals surface area contributed by atoms with Crippen LogP contribution in [0.25, 0.3) is 0 Å². The first-order chi connectivity index (χ1) is 7.52. The van der Waals surface area contributed by atoms with E-state index in [2.05, 4.69) is 5.32 Å². The van der Waals surface area contributed by atoms with Crippen LogP contribution in [0.5, 0.6) is 0 Å². The summed E-state index contributed by atoms with van der Waals surface area (Å²) in [5, 5.41) is 19.4. The molecule has 0 aliphatic rings.